The third-order valence-electron chi connectivity index (χ3n) is 5.68. The first-order valence-corrected chi connectivity index (χ1v) is 10.9. The van der Waals surface area contributed by atoms with E-state index in [1.54, 1.807) is 20.0 Å². The van der Waals surface area contributed by atoms with Crippen LogP contribution in [0.15, 0.2) is 41.1 Å². The number of carbonyl (C=O) groups excluding carboxylic acids is 2. The molecule has 1 aliphatic rings. The number of benzene rings is 1. The summed E-state index contributed by atoms with van der Waals surface area (Å²) in [5.41, 5.74) is 3.17. The van der Waals surface area contributed by atoms with Crippen molar-refractivity contribution in [3.05, 3.63) is 59.4 Å². The molecule has 0 bridgehead atoms. The van der Waals surface area contributed by atoms with E-state index >= 15 is 0 Å². The first-order chi connectivity index (χ1) is 15.8. The maximum Gasteiger partial charge on any atom is 0.292 e. The molecular weight excluding hydrogens is 422 g/mol. The number of rotatable bonds is 8. The highest BCUT2D eigenvalue weighted by Gasteiger charge is 2.30. The van der Waals surface area contributed by atoms with Crippen molar-refractivity contribution in [2.24, 2.45) is 5.92 Å². The van der Waals surface area contributed by atoms with Gasteiger partial charge in [-0.3, -0.25) is 9.59 Å². The van der Waals surface area contributed by atoms with Crippen molar-refractivity contribution in [2.75, 3.05) is 11.9 Å². The number of nitrogens with zero attached hydrogens (tertiary/aromatic N) is 3. The molecule has 172 valence electrons. The van der Waals surface area contributed by atoms with E-state index < -0.39 is 11.3 Å². The molecule has 0 radical (unpaired) electrons. The zero-order chi connectivity index (χ0) is 23.6. The molecule has 0 saturated heterocycles. The highest BCUT2D eigenvalue weighted by atomic mass is 16.5. The molecule has 2 aromatic heterocycles. The number of hydrogen-bond donors (Lipinski definition) is 3. The molecule has 2 amide bonds. The number of amides is 2. The van der Waals surface area contributed by atoms with Gasteiger partial charge in [0.1, 0.15) is 5.82 Å². The van der Waals surface area contributed by atoms with Gasteiger partial charge >= 0.3 is 0 Å². The molecule has 3 aromatic rings. The van der Waals surface area contributed by atoms with Crippen LogP contribution in [0.4, 0.5) is 5.82 Å². The minimum atomic E-state index is -0.717. The number of anilines is 1. The molecule has 0 aliphatic heterocycles. The van der Waals surface area contributed by atoms with Gasteiger partial charge in [-0.2, -0.15) is 4.98 Å². The molecule has 4 rings (SSSR count). The number of carbonyl (C=O) groups is 2. The van der Waals surface area contributed by atoms with Crippen molar-refractivity contribution in [1.29, 1.82) is 0 Å². The maximum absolute atomic E-state index is 12.4. The summed E-state index contributed by atoms with van der Waals surface area (Å²) >= 11 is 0. The lowest BCUT2D eigenvalue weighted by Crippen LogP contribution is -2.25. The first kappa shape index (κ1) is 22.6. The van der Waals surface area contributed by atoms with Crippen LogP contribution in [0.5, 0.6) is 0 Å². The molecule has 0 spiro atoms. The van der Waals surface area contributed by atoms with Crippen LogP contribution < -0.4 is 10.6 Å². The topological polar surface area (TPSA) is 130 Å². The van der Waals surface area contributed by atoms with Crippen molar-refractivity contribution >= 4 is 17.6 Å². The van der Waals surface area contributed by atoms with Crippen molar-refractivity contribution in [3.63, 3.8) is 0 Å². The Morgan fingerprint density at radius 3 is 2.64 bits per heavy atom. The second-order valence-electron chi connectivity index (χ2n) is 8.98. The fraction of sp³-hybridized carbons (Fsp3) is 0.375. The molecule has 2 heterocycles. The van der Waals surface area contributed by atoms with Crippen molar-refractivity contribution < 1.29 is 19.2 Å². The molecule has 1 fully saturated rings. The van der Waals surface area contributed by atoms with Crippen LogP contribution in [0, 0.1) is 12.8 Å². The van der Waals surface area contributed by atoms with Gasteiger partial charge in [-0.05, 0) is 68.0 Å². The van der Waals surface area contributed by atoms with Crippen LogP contribution in [0.1, 0.15) is 54.3 Å². The largest absolute Gasteiger partial charge is 0.395 e. The second-order valence-corrected chi connectivity index (χ2v) is 8.98. The average molecular weight is 450 g/mol. The molecule has 1 aliphatic carbocycles. The Morgan fingerprint density at radius 1 is 1.18 bits per heavy atom. The molecule has 1 saturated carbocycles. The fourth-order valence-electron chi connectivity index (χ4n) is 3.24. The Morgan fingerprint density at radius 2 is 1.94 bits per heavy atom. The van der Waals surface area contributed by atoms with Crippen LogP contribution in [0.3, 0.4) is 0 Å². The molecule has 1 aromatic carbocycles. The number of pyridine rings is 1. The molecule has 9 heteroatoms. The predicted octanol–water partition coefficient (Wildman–Crippen LogP) is 2.99. The van der Waals surface area contributed by atoms with Gasteiger partial charge in [-0.1, -0.05) is 23.4 Å². The van der Waals surface area contributed by atoms with Gasteiger partial charge < -0.3 is 20.3 Å². The highest BCUT2D eigenvalue weighted by Crippen LogP contribution is 2.30. The smallest absolute Gasteiger partial charge is 0.292 e. The Labute approximate surface area is 191 Å². The van der Waals surface area contributed by atoms with Gasteiger partial charge in [0, 0.05) is 18.7 Å². The van der Waals surface area contributed by atoms with Crippen molar-refractivity contribution in [2.45, 2.75) is 45.6 Å². The van der Waals surface area contributed by atoms with Crippen LogP contribution in [-0.4, -0.2) is 38.7 Å². The van der Waals surface area contributed by atoms with Gasteiger partial charge in [0.2, 0.25) is 11.8 Å². The standard InChI is InChI=1S/C24H27N5O4/c1-14-10-16(17-8-9-25-19(11-17)27-21(31)15-4-5-15)6-7-18(14)12-26-22(32)20-28-23(33-29-20)24(2,3)13-30/h6-11,15,30H,4-5,12-13H2,1-3H3,(H,26,32)(H,25,27,31). The Bertz CT molecular complexity index is 1180. The van der Waals surface area contributed by atoms with E-state index in [4.69, 9.17) is 4.52 Å². The molecule has 3 N–H and O–H groups in total. The van der Waals surface area contributed by atoms with Gasteiger partial charge in [-0.15, -0.1) is 0 Å². The maximum atomic E-state index is 12.4. The molecule has 0 atom stereocenters. The Kier molecular flexibility index (Phi) is 6.24. The monoisotopic (exact) mass is 449 g/mol. The Hall–Kier alpha value is -3.59. The van der Waals surface area contributed by atoms with E-state index in [2.05, 4.69) is 25.8 Å². The summed E-state index contributed by atoms with van der Waals surface area (Å²) in [6.07, 6.45) is 3.56. The summed E-state index contributed by atoms with van der Waals surface area (Å²) in [6, 6.07) is 9.69. The minimum absolute atomic E-state index is 0.0237. The van der Waals surface area contributed by atoms with Crippen LogP contribution >= 0.6 is 0 Å². The second kappa shape index (κ2) is 9.11. The van der Waals surface area contributed by atoms with Crippen molar-refractivity contribution in [1.82, 2.24) is 20.4 Å². The molecule has 9 nitrogen and oxygen atoms in total. The van der Waals surface area contributed by atoms with E-state index in [0.717, 1.165) is 35.1 Å². The SMILES string of the molecule is Cc1cc(-c2ccnc(NC(=O)C3CC3)c2)ccc1CNC(=O)c1noc(C(C)(C)CO)n1. The Balaban J connectivity index is 1.41. The van der Waals surface area contributed by atoms with Gasteiger partial charge in [-0.25, -0.2) is 4.98 Å². The third kappa shape index (κ3) is 5.25. The lowest BCUT2D eigenvalue weighted by molar-refractivity contribution is -0.117. The average Bonchev–Trinajstić information content (AvgIpc) is 3.54. The van der Waals surface area contributed by atoms with Gasteiger partial charge in [0.05, 0.1) is 12.0 Å². The number of aliphatic hydroxyl groups excluding tert-OH is 1. The van der Waals surface area contributed by atoms with E-state index in [1.807, 2.05) is 37.3 Å². The number of nitrogens with one attached hydrogen (secondary N) is 2. The minimum Gasteiger partial charge on any atom is -0.395 e. The summed E-state index contributed by atoms with van der Waals surface area (Å²) in [7, 11) is 0. The van der Waals surface area contributed by atoms with E-state index in [1.165, 1.54) is 0 Å². The van der Waals surface area contributed by atoms with Crippen LogP contribution in [-0.2, 0) is 16.8 Å². The summed E-state index contributed by atoms with van der Waals surface area (Å²) in [4.78, 5) is 32.8. The highest BCUT2D eigenvalue weighted by molar-refractivity contribution is 5.93. The summed E-state index contributed by atoms with van der Waals surface area (Å²) in [5.74, 6) is 0.372. The zero-order valence-corrected chi connectivity index (χ0v) is 18.9. The van der Waals surface area contributed by atoms with Gasteiger partial charge in [0.25, 0.3) is 11.7 Å². The summed E-state index contributed by atoms with van der Waals surface area (Å²) in [5, 5.41) is 18.8. The van der Waals surface area contributed by atoms with E-state index in [9.17, 15) is 14.7 Å². The normalized spacial score (nSPS) is 13.6. The lowest BCUT2D eigenvalue weighted by atomic mass is 9.95. The molecular formula is C24H27N5O4. The fourth-order valence-corrected chi connectivity index (χ4v) is 3.24. The molecule has 0 unspecified atom stereocenters. The summed E-state index contributed by atoms with van der Waals surface area (Å²) in [6.45, 7) is 5.60. The van der Waals surface area contributed by atoms with E-state index in [0.29, 0.717) is 12.4 Å². The summed E-state index contributed by atoms with van der Waals surface area (Å²) < 4.78 is 5.12. The van der Waals surface area contributed by atoms with Crippen molar-refractivity contribution in [3.8, 4) is 11.1 Å². The van der Waals surface area contributed by atoms with Crippen LogP contribution in [0.2, 0.25) is 0 Å². The van der Waals surface area contributed by atoms with Crippen LogP contribution in [0.25, 0.3) is 11.1 Å². The van der Waals surface area contributed by atoms with Gasteiger partial charge in [0.15, 0.2) is 0 Å². The number of aliphatic hydroxyl groups is 1. The first-order valence-electron chi connectivity index (χ1n) is 10.9. The number of aryl methyl sites for hydroxylation is 1. The van der Waals surface area contributed by atoms with E-state index in [-0.39, 0.29) is 30.1 Å². The zero-order valence-electron chi connectivity index (χ0n) is 18.9. The predicted molar refractivity (Wildman–Crippen MR) is 121 cm³/mol. The lowest BCUT2D eigenvalue weighted by Gasteiger charge is -2.14. The number of hydrogen-bond acceptors (Lipinski definition) is 7. The third-order valence-corrected chi connectivity index (χ3v) is 5.68. The molecule has 33 heavy (non-hydrogen) atoms. The quantitative estimate of drug-likeness (QED) is 0.482. The number of aromatic nitrogens is 3.